The molecule has 2 aliphatic rings. The van der Waals surface area contributed by atoms with Gasteiger partial charge in [-0.1, -0.05) is 17.7 Å². The highest BCUT2D eigenvalue weighted by molar-refractivity contribution is 7.89. The summed E-state index contributed by atoms with van der Waals surface area (Å²) >= 11 is 0. The number of hydrogen-bond donors (Lipinski definition) is 0. The molecule has 10 heteroatoms. The maximum Gasteiger partial charge on any atom is 0.260 e. The Morgan fingerprint density at radius 3 is 2.61 bits per heavy atom. The summed E-state index contributed by atoms with van der Waals surface area (Å²) < 4.78 is 43.9. The molecule has 4 aromatic rings. The van der Waals surface area contributed by atoms with Crippen molar-refractivity contribution >= 4 is 21.9 Å². The lowest BCUT2D eigenvalue weighted by molar-refractivity contribution is 0.0770. The van der Waals surface area contributed by atoms with Crippen molar-refractivity contribution in [2.24, 2.45) is 5.41 Å². The fraction of sp³-hybridized carbons (Fsp3) is 0.214. The molecule has 1 saturated heterocycles. The van der Waals surface area contributed by atoms with Crippen molar-refractivity contribution in [2.75, 3.05) is 13.1 Å². The fourth-order valence-corrected chi connectivity index (χ4v) is 6.84. The van der Waals surface area contributed by atoms with E-state index in [9.17, 15) is 17.6 Å². The van der Waals surface area contributed by atoms with Crippen LogP contribution in [0.25, 0.3) is 11.8 Å². The average molecular weight is 530 g/mol. The number of carbonyl (C=O) groups excluding carboxylic acids is 1. The van der Waals surface area contributed by atoms with Crippen LogP contribution < -0.4 is 0 Å². The summed E-state index contributed by atoms with van der Waals surface area (Å²) in [7, 11) is -3.94. The van der Waals surface area contributed by atoms with Gasteiger partial charge in [0.1, 0.15) is 11.5 Å². The second-order valence-electron chi connectivity index (χ2n) is 9.62. The molecule has 8 nitrogen and oxygen atoms in total. The molecule has 1 aliphatic heterocycles. The van der Waals surface area contributed by atoms with Crippen molar-refractivity contribution in [3.8, 4) is 5.69 Å². The standard InChI is InChI=1S/C28H24FN5O3S/c1-19-5-4-7-26(32-19)38(36,37)33-14-12-21-15-25-20(17-31-34(25)23-10-8-22(29)9-11-23)16-28(21,18-33)27(35)24-6-2-3-13-30-24/h2-11,13,15,17H,12,14,16,18H2,1H3. The molecule has 1 aliphatic carbocycles. The Morgan fingerprint density at radius 2 is 1.87 bits per heavy atom. The Hall–Kier alpha value is -4.02. The summed E-state index contributed by atoms with van der Waals surface area (Å²) in [4.78, 5) is 22.7. The minimum absolute atomic E-state index is 0.0344. The van der Waals surface area contributed by atoms with Crippen molar-refractivity contribution in [3.63, 3.8) is 0 Å². The molecule has 38 heavy (non-hydrogen) atoms. The predicted molar refractivity (Wildman–Crippen MR) is 139 cm³/mol. The minimum atomic E-state index is -3.94. The Balaban J connectivity index is 1.45. The van der Waals surface area contributed by atoms with Gasteiger partial charge in [0.05, 0.1) is 23.0 Å². The molecule has 4 heterocycles. The second-order valence-corrected chi connectivity index (χ2v) is 11.5. The molecule has 192 valence electrons. The lowest BCUT2D eigenvalue weighted by atomic mass is 9.65. The maximum atomic E-state index is 14.1. The molecule has 1 unspecified atom stereocenters. The fourth-order valence-electron chi connectivity index (χ4n) is 5.35. The van der Waals surface area contributed by atoms with Gasteiger partial charge < -0.3 is 0 Å². The van der Waals surface area contributed by atoms with Gasteiger partial charge in [-0.25, -0.2) is 22.5 Å². The topological polar surface area (TPSA) is 98.1 Å². The lowest BCUT2D eigenvalue weighted by Gasteiger charge is -2.44. The van der Waals surface area contributed by atoms with Crippen LogP contribution in [-0.4, -0.2) is 51.3 Å². The maximum absolute atomic E-state index is 14.1. The number of sulfonamides is 1. The molecule has 3 aromatic heterocycles. The normalized spacial score (nSPS) is 19.4. The van der Waals surface area contributed by atoms with Gasteiger partial charge in [-0.05, 0) is 79.9 Å². The predicted octanol–water partition coefficient (Wildman–Crippen LogP) is 4.01. The average Bonchev–Trinajstić information content (AvgIpc) is 3.34. The minimum Gasteiger partial charge on any atom is -0.291 e. The van der Waals surface area contributed by atoms with Gasteiger partial charge in [0.25, 0.3) is 10.0 Å². The van der Waals surface area contributed by atoms with E-state index in [1.54, 1.807) is 66.5 Å². The van der Waals surface area contributed by atoms with Gasteiger partial charge in [-0.3, -0.25) is 9.78 Å². The summed E-state index contributed by atoms with van der Waals surface area (Å²) in [5.41, 5.74) is 2.85. The number of ketones is 1. The molecule has 0 saturated carbocycles. The van der Waals surface area contributed by atoms with E-state index < -0.39 is 15.4 Å². The van der Waals surface area contributed by atoms with Crippen molar-refractivity contribution in [1.82, 2.24) is 24.1 Å². The molecule has 1 aromatic carbocycles. The molecule has 0 amide bonds. The first kappa shape index (κ1) is 24.3. The van der Waals surface area contributed by atoms with Crippen LogP contribution in [0.15, 0.2) is 83.7 Å². The summed E-state index contributed by atoms with van der Waals surface area (Å²) in [6, 6.07) is 16.0. The third kappa shape index (κ3) is 3.97. The zero-order valence-electron chi connectivity index (χ0n) is 20.6. The first-order valence-electron chi connectivity index (χ1n) is 12.2. The van der Waals surface area contributed by atoms with E-state index in [2.05, 4.69) is 15.1 Å². The van der Waals surface area contributed by atoms with Gasteiger partial charge in [0.2, 0.25) is 0 Å². The van der Waals surface area contributed by atoms with Crippen LogP contribution in [0.5, 0.6) is 0 Å². The Bertz CT molecular complexity index is 1680. The summed E-state index contributed by atoms with van der Waals surface area (Å²) in [5, 5.41) is 4.49. The molecule has 1 atom stereocenters. The number of benzene rings is 1. The monoisotopic (exact) mass is 529 g/mol. The highest BCUT2D eigenvalue weighted by Gasteiger charge is 2.51. The number of Topliss-reactive ketones (excluding diaryl/α,β-unsaturated/α-hetero) is 1. The number of hydrogen-bond acceptors (Lipinski definition) is 6. The van der Waals surface area contributed by atoms with Crippen LogP contribution in [-0.2, 0) is 16.4 Å². The van der Waals surface area contributed by atoms with E-state index in [0.29, 0.717) is 17.8 Å². The lowest BCUT2D eigenvalue weighted by Crippen LogP contribution is -2.53. The van der Waals surface area contributed by atoms with E-state index in [0.717, 1.165) is 16.8 Å². The SMILES string of the molecule is Cc1cccc(S(=O)(=O)N2CCC3=Cc4c(cnn4-c4ccc(F)cc4)CC3(C(=O)c3ccccn3)C2)n1. The quantitative estimate of drug-likeness (QED) is 0.363. The number of nitrogens with zero attached hydrogens (tertiary/aromatic N) is 5. The van der Waals surface area contributed by atoms with Crippen LogP contribution in [0, 0.1) is 18.2 Å². The number of carbonyl (C=O) groups is 1. The van der Waals surface area contributed by atoms with Crippen LogP contribution in [0.3, 0.4) is 0 Å². The smallest absolute Gasteiger partial charge is 0.260 e. The summed E-state index contributed by atoms with van der Waals surface area (Å²) in [6.45, 7) is 1.91. The van der Waals surface area contributed by atoms with E-state index in [1.165, 1.54) is 22.5 Å². The van der Waals surface area contributed by atoms with Crippen LogP contribution in [0.4, 0.5) is 4.39 Å². The third-order valence-electron chi connectivity index (χ3n) is 7.25. The Morgan fingerprint density at radius 1 is 1.05 bits per heavy atom. The number of fused-ring (bicyclic) bond motifs is 2. The van der Waals surface area contributed by atoms with E-state index in [1.807, 2.05) is 6.08 Å². The number of halogens is 1. The molecule has 0 spiro atoms. The van der Waals surface area contributed by atoms with Gasteiger partial charge in [0, 0.05) is 25.0 Å². The van der Waals surface area contributed by atoms with Gasteiger partial charge in [-0.15, -0.1) is 0 Å². The molecule has 0 radical (unpaired) electrons. The van der Waals surface area contributed by atoms with E-state index >= 15 is 0 Å². The first-order chi connectivity index (χ1) is 18.3. The molecule has 6 rings (SSSR count). The van der Waals surface area contributed by atoms with Gasteiger partial charge in [-0.2, -0.15) is 9.40 Å². The zero-order valence-corrected chi connectivity index (χ0v) is 21.4. The van der Waals surface area contributed by atoms with Gasteiger partial charge >= 0.3 is 0 Å². The highest BCUT2D eigenvalue weighted by Crippen LogP contribution is 2.47. The number of aromatic nitrogens is 4. The summed E-state index contributed by atoms with van der Waals surface area (Å²) in [6.07, 6.45) is 5.80. The molecule has 0 N–H and O–H groups in total. The van der Waals surface area contributed by atoms with Crippen molar-refractivity contribution in [2.45, 2.75) is 24.8 Å². The van der Waals surface area contributed by atoms with Crippen molar-refractivity contribution < 1.29 is 17.6 Å². The van der Waals surface area contributed by atoms with Crippen LogP contribution in [0.1, 0.15) is 33.9 Å². The van der Waals surface area contributed by atoms with Gasteiger partial charge in [0.15, 0.2) is 10.8 Å². The number of piperidine rings is 1. The first-order valence-corrected chi connectivity index (χ1v) is 13.7. The Kier molecular flexibility index (Phi) is 5.81. The highest BCUT2D eigenvalue weighted by atomic mass is 32.2. The molecular weight excluding hydrogens is 505 g/mol. The molecular formula is C28H24FN5O3S. The van der Waals surface area contributed by atoms with Crippen LogP contribution >= 0.6 is 0 Å². The second kappa shape index (κ2) is 9.07. The van der Waals surface area contributed by atoms with Crippen molar-refractivity contribution in [1.29, 1.82) is 0 Å². The van der Waals surface area contributed by atoms with Crippen LogP contribution in [0.2, 0.25) is 0 Å². The molecule has 0 bridgehead atoms. The van der Waals surface area contributed by atoms with Crippen molar-refractivity contribution in [3.05, 3.63) is 107 Å². The largest absolute Gasteiger partial charge is 0.291 e. The number of rotatable bonds is 5. The number of pyridine rings is 2. The van der Waals surface area contributed by atoms with E-state index in [-0.39, 0.29) is 41.8 Å². The third-order valence-corrected chi connectivity index (χ3v) is 9.00. The Labute approximate surface area is 219 Å². The number of aryl methyl sites for hydroxylation is 1. The summed E-state index contributed by atoms with van der Waals surface area (Å²) in [5.74, 6) is -0.577. The zero-order chi connectivity index (χ0) is 26.5. The molecule has 1 fully saturated rings. The van der Waals surface area contributed by atoms with E-state index in [4.69, 9.17) is 0 Å².